The summed E-state index contributed by atoms with van der Waals surface area (Å²) in [4.78, 5) is 11.3. The third kappa shape index (κ3) is 3.42. The van der Waals surface area contributed by atoms with E-state index in [9.17, 15) is 4.79 Å². The molecule has 3 nitrogen and oxygen atoms in total. The zero-order valence-electron chi connectivity index (χ0n) is 9.58. The summed E-state index contributed by atoms with van der Waals surface area (Å²) in [5, 5.41) is 0. The lowest BCUT2D eigenvalue weighted by Crippen LogP contribution is -2.09. The average Bonchev–Trinajstić information content (AvgIpc) is 2.27. The first kappa shape index (κ1) is 12.3. The summed E-state index contributed by atoms with van der Waals surface area (Å²) < 4.78 is 10.5. The number of carbonyl (C=O) groups excluding carboxylic acids is 1. The van der Waals surface area contributed by atoms with Crippen molar-refractivity contribution in [1.29, 1.82) is 0 Å². The number of benzene rings is 1. The van der Waals surface area contributed by atoms with Gasteiger partial charge in [-0.15, -0.1) is 0 Å². The third-order valence-electron chi connectivity index (χ3n) is 1.80. The van der Waals surface area contributed by atoms with E-state index in [4.69, 9.17) is 9.47 Å². The molecular formula is C13H15O3. The van der Waals surface area contributed by atoms with Crippen molar-refractivity contribution < 1.29 is 14.3 Å². The Morgan fingerprint density at radius 3 is 2.88 bits per heavy atom. The fourth-order valence-corrected chi connectivity index (χ4v) is 0.999. The van der Waals surface area contributed by atoms with Crippen LogP contribution in [-0.4, -0.2) is 12.6 Å². The highest BCUT2D eigenvalue weighted by Crippen LogP contribution is 2.26. The Bertz CT molecular complexity index is 383. The van der Waals surface area contributed by atoms with Gasteiger partial charge in [-0.05, 0) is 31.5 Å². The second kappa shape index (κ2) is 5.95. The summed E-state index contributed by atoms with van der Waals surface area (Å²) in [6, 6.07) is 7.84. The van der Waals surface area contributed by atoms with E-state index in [-0.39, 0.29) is 0 Å². The van der Waals surface area contributed by atoms with Gasteiger partial charge in [0.25, 0.3) is 0 Å². The molecule has 0 fully saturated rings. The zero-order chi connectivity index (χ0) is 12.0. The minimum absolute atomic E-state index is 0.352. The number of hydrogen-bond donors (Lipinski definition) is 0. The van der Waals surface area contributed by atoms with E-state index in [0.717, 1.165) is 6.42 Å². The highest BCUT2D eigenvalue weighted by Gasteiger charge is 2.09. The zero-order valence-corrected chi connectivity index (χ0v) is 9.58. The van der Waals surface area contributed by atoms with Gasteiger partial charge in [0.15, 0.2) is 11.5 Å². The smallest absolute Gasteiger partial charge is 0.338 e. The molecule has 1 radical (unpaired) electrons. The van der Waals surface area contributed by atoms with Crippen LogP contribution in [-0.2, 0) is 4.79 Å². The molecule has 0 bridgehead atoms. The molecule has 0 saturated carbocycles. The molecular weight excluding hydrogens is 204 g/mol. The van der Waals surface area contributed by atoms with Gasteiger partial charge in [-0.3, -0.25) is 0 Å². The molecule has 0 aliphatic rings. The van der Waals surface area contributed by atoms with Crippen molar-refractivity contribution in [2.75, 3.05) is 6.61 Å². The van der Waals surface area contributed by atoms with Crippen molar-refractivity contribution >= 4 is 5.97 Å². The lowest BCUT2D eigenvalue weighted by Gasteiger charge is -2.10. The molecule has 0 aliphatic heterocycles. The Labute approximate surface area is 95.7 Å². The Balaban J connectivity index is 2.78. The van der Waals surface area contributed by atoms with Gasteiger partial charge in [0.2, 0.25) is 0 Å². The summed E-state index contributed by atoms with van der Waals surface area (Å²) in [5.74, 6) is 0.472. The van der Waals surface area contributed by atoms with E-state index < -0.39 is 5.97 Å². The van der Waals surface area contributed by atoms with E-state index in [2.05, 4.69) is 12.6 Å². The first-order chi connectivity index (χ1) is 7.65. The maximum absolute atomic E-state index is 11.3. The van der Waals surface area contributed by atoms with E-state index in [1.165, 1.54) is 0 Å². The molecule has 0 aliphatic carbocycles. The minimum atomic E-state index is -0.457. The van der Waals surface area contributed by atoms with Crippen LogP contribution in [0.4, 0.5) is 0 Å². The van der Waals surface area contributed by atoms with Gasteiger partial charge < -0.3 is 9.47 Å². The standard InChI is InChI=1S/C13H15O3/c1-4-9-15-11-7-5-6-8-12(11)16-13(14)10(2)3/h5,7-8H,2,4,9H2,1,3H3. The summed E-state index contributed by atoms with van der Waals surface area (Å²) in [5.41, 5.74) is 0.352. The van der Waals surface area contributed by atoms with Crippen LogP contribution < -0.4 is 9.47 Å². The van der Waals surface area contributed by atoms with Crippen molar-refractivity contribution in [3.05, 3.63) is 36.4 Å². The number of rotatable bonds is 5. The van der Waals surface area contributed by atoms with Crippen molar-refractivity contribution in [2.24, 2.45) is 0 Å². The van der Waals surface area contributed by atoms with E-state index >= 15 is 0 Å². The van der Waals surface area contributed by atoms with Crippen molar-refractivity contribution in [1.82, 2.24) is 0 Å². The van der Waals surface area contributed by atoms with Gasteiger partial charge in [0.05, 0.1) is 6.61 Å². The number of esters is 1. The van der Waals surface area contributed by atoms with Crippen LogP contribution in [0.3, 0.4) is 0 Å². The van der Waals surface area contributed by atoms with Gasteiger partial charge in [-0.25, -0.2) is 4.79 Å². The molecule has 0 aromatic heterocycles. The van der Waals surface area contributed by atoms with Crippen molar-refractivity contribution in [2.45, 2.75) is 20.3 Å². The van der Waals surface area contributed by atoms with Gasteiger partial charge in [0.1, 0.15) is 0 Å². The van der Waals surface area contributed by atoms with Gasteiger partial charge in [-0.1, -0.05) is 19.6 Å². The molecule has 0 heterocycles. The fraction of sp³-hybridized carbons (Fsp3) is 0.308. The number of hydrogen-bond acceptors (Lipinski definition) is 3. The van der Waals surface area contributed by atoms with Gasteiger partial charge >= 0.3 is 5.97 Å². The second-order valence-corrected chi connectivity index (χ2v) is 3.39. The summed E-state index contributed by atoms with van der Waals surface area (Å²) >= 11 is 0. The average molecular weight is 219 g/mol. The van der Waals surface area contributed by atoms with Crippen LogP contribution in [0.5, 0.6) is 11.5 Å². The molecule has 3 heteroatoms. The van der Waals surface area contributed by atoms with Crippen LogP contribution in [0.1, 0.15) is 20.3 Å². The monoisotopic (exact) mass is 219 g/mol. The van der Waals surface area contributed by atoms with Gasteiger partial charge in [0, 0.05) is 5.57 Å². The largest absolute Gasteiger partial charge is 0.490 e. The fourth-order valence-electron chi connectivity index (χ4n) is 0.999. The molecule has 0 unspecified atom stereocenters. The van der Waals surface area contributed by atoms with Gasteiger partial charge in [-0.2, -0.15) is 0 Å². The van der Waals surface area contributed by atoms with Crippen LogP contribution in [0.2, 0.25) is 0 Å². The Kier molecular flexibility index (Phi) is 4.58. The Morgan fingerprint density at radius 2 is 2.25 bits per heavy atom. The summed E-state index contributed by atoms with van der Waals surface area (Å²) in [7, 11) is 0. The topological polar surface area (TPSA) is 35.5 Å². The number of carbonyl (C=O) groups is 1. The van der Waals surface area contributed by atoms with E-state index in [1.54, 1.807) is 25.1 Å². The summed E-state index contributed by atoms with van der Waals surface area (Å²) in [6.07, 6.45) is 0.895. The van der Waals surface area contributed by atoms with Crippen molar-refractivity contribution in [3.8, 4) is 11.5 Å². The molecule has 85 valence electrons. The lowest BCUT2D eigenvalue weighted by molar-refractivity contribution is -0.130. The maximum Gasteiger partial charge on any atom is 0.338 e. The van der Waals surface area contributed by atoms with Crippen LogP contribution in [0, 0.1) is 6.07 Å². The van der Waals surface area contributed by atoms with Crippen molar-refractivity contribution in [3.63, 3.8) is 0 Å². The predicted octanol–water partition coefficient (Wildman–Crippen LogP) is 2.76. The first-order valence-corrected chi connectivity index (χ1v) is 5.15. The molecule has 0 saturated heterocycles. The molecule has 16 heavy (non-hydrogen) atoms. The molecule has 0 amide bonds. The quantitative estimate of drug-likeness (QED) is 0.434. The predicted molar refractivity (Wildman–Crippen MR) is 61.5 cm³/mol. The van der Waals surface area contributed by atoms with E-state index in [1.807, 2.05) is 6.92 Å². The Morgan fingerprint density at radius 1 is 1.50 bits per heavy atom. The molecule has 0 spiro atoms. The van der Waals surface area contributed by atoms with Crippen LogP contribution in [0.15, 0.2) is 30.4 Å². The van der Waals surface area contributed by atoms with Crippen LogP contribution >= 0.6 is 0 Å². The third-order valence-corrected chi connectivity index (χ3v) is 1.80. The van der Waals surface area contributed by atoms with E-state index in [0.29, 0.717) is 23.7 Å². The SMILES string of the molecule is C=C(C)C(=O)Oc1c[c]ccc1OCCC. The minimum Gasteiger partial charge on any atom is -0.490 e. The molecule has 1 aromatic rings. The van der Waals surface area contributed by atoms with Crippen LogP contribution in [0.25, 0.3) is 0 Å². The first-order valence-electron chi connectivity index (χ1n) is 5.15. The Hall–Kier alpha value is -1.77. The molecule has 0 atom stereocenters. The lowest BCUT2D eigenvalue weighted by atomic mass is 10.3. The highest BCUT2D eigenvalue weighted by atomic mass is 16.6. The molecule has 0 N–H and O–H groups in total. The number of ether oxygens (including phenoxy) is 2. The normalized spacial score (nSPS) is 9.62. The molecule has 1 aromatic carbocycles. The summed E-state index contributed by atoms with van der Waals surface area (Å²) in [6.45, 7) is 7.71. The second-order valence-electron chi connectivity index (χ2n) is 3.39. The highest BCUT2D eigenvalue weighted by molar-refractivity contribution is 5.89. The molecule has 1 rings (SSSR count). The maximum atomic E-state index is 11.3.